The van der Waals surface area contributed by atoms with Crippen molar-refractivity contribution in [3.63, 3.8) is 0 Å². The summed E-state index contributed by atoms with van der Waals surface area (Å²) in [5, 5.41) is 22.1. The molecule has 0 spiro atoms. The molecule has 2 aromatic rings. The third-order valence-electron chi connectivity index (χ3n) is 6.92. The molecule has 148 valence electrons. The molecule has 2 aromatic heterocycles. The van der Waals surface area contributed by atoms with Crippen LogP contribution in [-0.4, -0.2) is 67.9 Å². The molecule has 28 heavy (non-hydrogen) atoms. The quantitative estimate of drug-likeness (QED) is 0.843. The van der Waals surface area contributed by atoms with Gasteiger partial charge in [-0.3, -0.25) is 9.59 Å². The van der Waals surface area contributed by atoms with E-state index in [2.05, 4.69) is 20.2 Å². The Morgan fingerprint density at radius 1 is 1.18 bits per heavy atom. The molecule has 1 saturated carbocycles. The number of fused-ring (bicyclic) bond motifs is 2. The van der Waals surface area contributed by atoms with E-state index in [-0.39, 0.29) is 17.7 Å². The summed E-state index contributed by atoms with van der Waals surface area (Å²) in [7, 11) is 0. The molecule has 3 fully saturated rings. The molecule has 9 nitrogen and oxygen atoms in total. The highest BCUT2D eigenvalue weighted by Crippen LogP contribution is 2.49. The van der Waals surface area contributed by atoms with Gasteiger partial charge in [-0.25, -0.2) is 0 Å². The number of rotatable bonds is 3. The highest BCUT2D eigenvalue weighted by molar-refractivity contribution is 5.83. The van der Waals surface area contributed by atoms with Gasteiger partial charge in [0.15, 0.2) is 5.65 Å². The zero-order valence-corrected chi connectivity index (χ0v) is 15.7. The summed E-state index contributed by atoms with van der Waals surface area (Å²) in [6.07, 6.45) is 5.70. The second kappa shape index (κ2) is 6.42. The summed E-state index contributed by atoms with van der Waals surface area (Å²) in [4.78, 5) is 28.9. The number of piperidine rings is 1. The van der Waals surface area contributed by atoms with Crippen LogP contribution in [0.1, 0.15) is 32.1 Å². The molecule has 4 heterocycles. The SMILES string of the molecule is O=C(C1CCN(c2ccc3nncn3n2)CC1)N1C[C@@H]2CCC[C@@]2(C(=O)O)C1. The zero-order valence-electron chi connectivity index (χ0n) is 15.7. The minimum Gasteiger partial charge on any atom is -0.481 e. The van der Waals surface area contributed by atoms with Gasteiger partial charge in [-0.1, -0.05) is 6.42 Å². The van der Waals surface area contributed by atoms with Crippen molar-refractivity contribution in [3.05, 3.63) is 18.5 Å². The van der Waals surface area contributed by atoms with Crippen LogP contribution in [0.15, 0.2) is 18.5 Å². The molecule has 1 N–H and O–H groups in total. The first-order chi connectivity index (χ1) is 13.6. The Bertz CT molecular complexity index is 921. The second-order valence-corrected chi connectivity index (χ2v) is 8.36. The molecule has 0 aromatic carbocycles. The molecule has 0 unspecified atom stereocenters. The highest BCUT2D eigenvalue weighted by atomic mass is 16.4. The summed E-state index contributed by atoms with van der Waals surface area (Å²) in [5.41, 5.74) is 0.00916. The Morgan fingerprint density at radius 3 is 2.75 bits per heavy atom. The summed E-state index contributed by atoms with van der Waals surface area (Å²) in [5.74, 6) is 0.361. The number of amides is 1. The fraction of sp³-hybridized carbons (Fsp3) is 0.632. The van der Waals surface area contributed by atoms with Crippen molar-refractivity contribution in [2.75, 3.05) is 31.1 Å². The average molecular weight is 384 g/mol. The monoisotopic (exact) mass is 384 g/mol. The molecule has 3 aliphatic rings. The highest BCUT2D eigenvalue weighted by Gasteiger charge is 2.56. The van der Waals surface area contributed by atoms with Crippen LogP contribution in [0.2, 0.25) is 0 Å². The van der Waals surface area contributed by atoms with E-state index in [1.54, 1.807) is 10.8 Å². The van der Waals surface area contributed by atoms with E-state index in [4.69, 9.17) is 0 Å². The number of aliphatic carboxylic acids is 1. The summed E-state index contributed by atoms with van der Waals surface area (Å²) in [6, 6.07) is 3.82. The van der Waals surface area contributed by atoms with Gasteiger partial charge in [0.2, 0.25) is 5.91 Å². The van der Waals surface area contributed by atoms with Gasteiger partial charge >= 0.3 is 5.97 Å². The predicted octanol–water partition coefficient (Wildman–Crippen LogP) is 1.05. The van der Waals surface area contributed by atoms with Crippen LogP contribution in [0, 0.1) is 17.3 Å². The smallest absolute Gasteiger partial charge is 0.311 e. The molecule has 2 saturated heterocycles. The number of carboxylic acids is 1. The zero-order chi connectivity index (χ0) is 19.3. The molecular weight excluding hydrogens is 360 g/mol. The number of aromatic nitrogens is 4. The first-order valence-electron chi connectivity index (χ1n) is 10.0. The molecule has 2 aliphatic heterocycles. The van der Waals surface area contributed by atoms with Gasteiger partial charge in [0, 0.05) is 32.1 Å². The van der Waals surface area contributed by atoms with Crippen LogP contribution in [0.25, 0.3) is 5.65 Å². The van der Waals surface area contributed by atoms with Crippen molar-refractivity contribution in [2.24, 2.45) is 17.3 Å². The van der Waals surface area contributed by atoms with E-state index < -0.39 is 11.4 Å². The first-order valence-corrected chi connectivity index (χ1v) is 10.0. The van der Waals surface area contributed by atoms with Gasteiger partial charge in [0.05, 0.1) is 5.41 Å². The number of carbonyl (C=O) groups is 2. The first kappa shape index (κ1) is 17.4. The Hall–Kier alpha value is -2.71. The number of anilines is 1. The third-order valence-corrected chi connectivity index (χ3v) is 6.92. The summed E-state index contributed by atoms with van der Waals surface area (Å²) < 4.78 is 1.65. The van der Waals surface area contributed by atoms with Crippen molar-refractivity contribution in [2.45, 2.75) is 32.1 Å². The maximum Gasteiger partial charge on any atom is 0.311 e. The van der Waals surface area contributed by atoms with Crippen molar-refractivity contribution in [1.29, 1.82) is 0 Å². The molecular formula is C19H24N6O3. The van der Waals surface area contributed by atoms with Crippen LogP contribution >= 0.6 is 0 Å². The van der Waals surface area contributed by atoms with E-state index in [9.17, 15) is 14.7 Å². The largest absolute Gasteiger partial charge is 0.481 e. The number of hydrogen-bond donors (Lipinski definition) is 1. The molecule has 0 radical (unpaired) electrons. The van der Waals surface area contributed by atoms with Gasteiger partial charge in [0.1, 0.15) is 12.1 Å². The summed E-state index contributed by atoms with van der Waals surface area (Å²) in [6.45, 7) is 2.52. The number of likely N-dealkylation sites (tertiary alicyclic amines) is 1. The van der Waals surface area contributed by atoms with Gasteiger partial charge in [-0.05, 0) is 43.7 Å². The Kier molecular flexibility index (Phi) is 3.99. The molecule has 5 rings (SSSR count). The average Bonchev–Trinajstić information content (AvgIpc) is 3.41. The van der Waals surface area contributed by atoms with E-state index in [0.717, 1.165) is 44.6 Å². The maximum absolute atomic E-state index is 13.1. The van der Waals surface area contributed by atoms with Gasteiger partial charge in [-0.2, -0.15) is 4.52 Å². The minimum atomic E-state index is -0.726. The fourth-order valence-corrected chi connectivity index (χ4v) is 5.31. The Balaban J connectivity index is 1.23. The lowest BCUT2D eigenvalue weighted by atomic mass is 9.81. The van der Waals surface area contributed by atoms with Crippen molar-refractivity contribution in [3.8, 4) is 0 Å². The predicted molar refractivity (Wildman–Crippen MR) is 99.7 cm³/mol. The topological polar surface area (TPSA) is 104 Å². The second-order valence-electron chi connectivity index (χ2n) is 8.36. The lowest BCUT2D eigenvalue weighted by Gasteiger charge is -2.34. The fourth-order valence-electron chi connectivity index (χ4n) is 5.31. The van der Waals surface area contributed by atoms with Crippen LogP contribution in [0.3, 0.4) is 0 Å². The van der Waals surface area contributed by atoms with E-state index in [0.29, 0.717) is 25.2 Å². The maximum atomic E-state index is 13.1. The van der Waals surface area contributed by atoms with Crippen LogP contribution < -0.4 is 4.90 Å². The van der Waals surface area contributed by atoms with Crippen LogP contribution in [0.4, 0.5) is 5.82 Å². The number of hydrogen-bond acceptors (Lipinski definition) is 6. The molecule has 1 amide bonds. The van der Waals surface area contributed by atoms with E-state index >= 15 is 0 Å². The third kappa shape index (κ3) is 2.63. The Morgan fingerprint density at radius 2 is 2.00 bits per heavy atom. The van der Waals surface area contributed by atoms with Gasteiger partial charge in [-0.15, -0.1) is 15.3 Å². The minimum absolute atomic E-state index is 0.0282. The van der Waals surface area contributed by atoms with E-state index in [1.165, 1.54) is 0 Å². The van der Waals surface area contributed by atoms with Crippen molar-refractivity contribution < 1.29 is 14.7 Å². The lowest BCUT2D eigenvalue weighted by Crippen LogP contribution is -2.43. The molecule has 0 bridgehead atoms. The van der Waals surface area contributed by atoms with Gasteiger partial charge < -0.3 is 14.9 Å². The van der Waals surface area contributed by atoms with Gasteiger partial charge in [0.25, 0.3) is 0 Å². The molecule has 1 aliphatic carbocycles. The number of carbonyl (C=O) groups excluding carboxylic acids is 1. The standard InChI is InChI=1S/C19H24N6O3/c26-17(24-10-14-2-1-7-19(14,11-24)18(27)28)13-5-8-23(9-6-13)16-4-3-15-21-20-12-25(15)22-16/h3-4,12-14H,1-2,5-11H2,(H,27,28)/t14-,19+/m0/s1. The summed E-state index contributed by atoms with van der Waals surface area (Å²) >= 11 is 0. The normalized spacial score (nSPS) is 28.1. The lowest BCUT2D eigenvalue weighted by molar-refractivity contribution is -0.149. The van der Waals surface area contributed by atoms with Crippen molar-refractivity contribution in [1.82, 2.24) is 24.7 Å². The number of carboxylic acid groups (broad SMARTS) is 1. The van der Waals surface area contributed by atoms with Crippen LogP contribution in [0.5, 0.6) is 0 Å². The van der Waals surface area contributed by atoms with Crippen molar-refractivity contribution >= 4 is 23.3 Å². The van der Waals surface area contributed by atoms with E-state index in [1.807, 2.05) is 17.0 Å². The Labute approximate surface area is 162 Å². The van der Waals surface area contributed by atoms with Crippen LogP contribution in [-0.2, 0) is 9.59 Å². The number of nitrogens with zero attached hydrogens (tertiary/aromatic N) is 6. The molecule has 9 heteroatoms. The molecule has 2 atom stereocenters.